The average molecular weight is 388 g/mol. The maximum atomic E-state index is 15.3. The molecule has 2 aliphatic carbocycles. The first-order valence-corrected chi connectivity index (χ1v) is 10.1. The molecule has 0 aromatic heterocycles. The second kappa shape index (κ2) is 7.73. The summed E-state index contributed by atoms with van der Waals surface area (Å²) in [6.45, 7) is 2.12. The lowest BCUT2D eigenvalue weighted by molar-refractivity contribution is 0.234. The maximum absolute atomic E-state index is 15.3. The van der Waals surface area contributed by atoms with E-state index < -0.39 is 23.3 Å². The molecular formula is C24H24F4. The standard InChI is InChI=1S/C24H24F4/c1-2-3-4-14-5-8-17-15(11-14)6-9-18-19(17)13-22(27)23(24(18)28)16-7-10-20(25)21(26)12-16/h3-4,7,10,12-15,17H,2,5-6,8-9,11H2,1H3. The minimum absolute atomic E-state index is 0.0345. The first kappa shape index (κ1) is 19.2. The summed E-state index contributed by atoms with van der Waals surface area (Å²) >= 11 is 0. The fourth-order valence-corrected chi connectivity index (χ4v) is 5.04. The SMILES string of the molecule is CCC=CC1CCC2c3cc(F)c(-c4ccc(F)c(F)c4)c(F)c3CCC2C1. The van der Waals surface area contributed by atoms with Crippen LogP contribution in [0.3, 0.4) is 0 Å². The van der Waals surface area contributed by atoms with Crippen LogP contribution < -0.4 is 0 Å². The number of benzene rings is 2. The number of halogens is 4. The van der Waals surface area contributed by atoms with Gasteiger partial charge >= 0.3 is 0 Å². The Morgan fingerprint density at radius 1 is 0.964 bits per heavy atom. The molecule has 0 saturated heterocycles. The third-order valence-electron chi connectivity index (χ3n) is 6.39. The summed E-state index contributed by atoms with van der Waals surface area (Å²) in [6.07, 6.45) is 9.99. The Balaban J connectivity index is 1.69. The van der Waals surface area contributed by atoms with E-state index in [-0.39, 0.29) is 17.0 Å². The molecule has 4 rings (SSSR count). The topological polar surface area (TPSA) is 0 Å². The molecule has 2 aromatic carbocycles. The third-order valence-corrected chi connectivity index (χ3v) is 6.39. The van der Waals surface area contributed by atoms with Gasteiger partial charge in [-0.25, -0.2) is 17.6 Å². The zero-order chi connectivity index (χ0) is 19.8. The molecule has 0 amide bonds. The smallest absolute Gasteiger partial charge is 0.159 e. The minimum Gasteiger partial charge on any atom is -0.206 e. The number of hydrogen-bond donors (Lipinski definition) is 0. The summed E-state index contributed by atoms with van der Waals surface area (Å²) in [5.41, 5.74) is 1.10. The van der Waals surface area contributed by atoms with Crippen LogP contribution in [-0.4, -0.2) is 0 Å². The summed E-state index contributed by atoms with van der Waals surface area (Å²) in [7, 11) is 0. The fourth-order valence-electron chi connectivity index (χ4n) is 5.04. The van der Waals surface area contributed by atoms with Crippen molar-refractivity contribution in [1.82, 2.24) is 0 Å². The van der Waals surface area contributed by atoms with Gasteiger partial charge < -0.3 is 0 Å². The quantitative estimate of drug-likeness (QED) is 0.382. The molecule has 28 heavy (non-hydrogen) atoms. The summed E-state index contributed by atoms with van der Waals surface area (Å²) in [4.78, 5) is 0. The average Bonchev–Trinajstić information content (AvgIpc) is 2.68. The molecule has 2 aromatic rings. The van der Waals surface area contributed by atoms with Crippen LogP contribution >= 0.6 is 0 Å². The highest BCUT2D eigenvalue weighted by Gasteiger charge is 2.37. The number of allylic oxidation sites excluding steroid dienone is 2. The molecule has 2 aliphatic rings. The molecule has 148 valence electrons. The van der Waals surface area contributed by atoms with Gasteiger partial charge in [-0.2, -0.15) is 0 Å². The molecular weight excluding hydrogens is 364 g/mol. The third kappa shape index (κ3) is 3.38. The Morgan fingerprint density at radius 2 is 1.79 bits per heavy atom. The highest BCUT2D eigenvalue weighted by molar-refractivity contribution is 5.67. The summed E-state index contributed by atoms with van der Waals surface area (Å²) in [6, 6.07) is 4.43. The molecule has 0 spiro atoms. The van der Waals surface area contributed by atoms with Crippen LogP contribution in [0.25, 0.3) is 11.1 Å². The van der Waals surface area contributed by atoms with Crippen LogP contribution in [0.2, 0.25) is 0 Å². The Labute approximate surface area is 163 Å². The van der Waals surface area contributed by atoms with Gasteiger partial charge in [-0.05, 0) is 91.2 Å². The molecule has 1 fully saturated rings. The van der Waals surface area contributed by atoms with Gasteiger partial charge in [0.05, 0.1) is 5.56 Å². The predicted octanol–water partition coefficient (Wildman–Crippen LogP) is 7.32. The highest BCUT2D eigenvalue weighted by atomic mass is 19.2. The van der Waals surface area contributed by atoms with Crippen molar-refractivity contribution >= 4 is 0 Å². The number of hydrogen-bond acceptors (Lipinski definition) is 0. The lowest BCUT2D eigenvalue weighted by atomic mass is 9.65. The molecule has 0 heterocycles. The van der Waals surface area contributed by atoms with Crippen molar-refractivity contribution < 1.29 is 17.6 Å². The van der Waals surface area contributed by atoms with E-state index in [1.165, 1.54) is 12.1 Å². The van der Waals surface area contributed by atoms with E-state index in [2.05, 4.69) is 19.1 Å². The zero-order valence-corrected chi connectivity index (χ0v) is 16.0. The summed E-state index contributed by atoms with van der Waals surface area (Å²) in [5.74, 6) is -2.27. The van der Waals surface area contributed by atoms with Crippen LogP contribution in [0.15, 0.2) is 36.4 Å². The van der Waals surface area contributed by atoms with E-state index >= 15 is 4.39 Å². The van der Waals surface area contributed by atoms with E-state index in [0.29, 0.717) is 23.8 Å². The Kier molecular flexibility index (Phi) is 5.31. The van der Waals surface area contributed by atoms with E-state index in [4.69, 9.17) is 0 Å². The van der Waals surface area contributed by atoms with Crippen molar-refractivity contribution in [3.63, 3.8) is 0 Å². The summed E-state index contributed by atoms with van der Waals surface area (Å²) in [5, 5.41) is 0. The largest absolute Gasteiger partial charge is 0.206 e. The van der Waals surface area contributed by atoms with Gasteiger partial charge in [0.2, 0.25) is 0 Å². The molecule has 3 unspecified atom stereocenters. The second-order valence-electron chi connectivity index (χ2n) is 8.06. The van der Waals surface area contributed by atoms with Crippen molar-refractivity contribution in [3.8, 4) is 11.1 Å². The van der Waals surface area contributed by atoms with Crippen molar-refractivity contribution in [2.24, 2.45) is 11.8 Å². The Morgan fingerprint density at radius 3 is 2.54 bits per heavy atom. The molecule has 0 radical (unpaired) electrons. The molecule has 1 saturated carbocycles. The molecule has 4 heteroatoms. The normalized spacial score (nSPS) is 24.2. The van der Waals surface area contributed by atoms with Crippen molar-refractivity contribution in [3.05, 3.63) is 70.8 Å². The zero-order valence-electron chi connectivity index (χ0n) is 16.0. The van der Waals surface area contributed by atoms with Gasteiger partial charge in [0.15, 0.2) is 11.6 Å². The van der Waals surface area contributed by atoms with E-state index in [1.54, 1.807) is 0 Å². The van der Waals surface area contributed by atoms with Gasteiger partial charge in [-0.15, -0.1) is 0 Å². The Hall–Kier alpha value is -2.10. The minimum atomic E-state index is -1.10. The van der Waals surface area contributed by atoms with Crippen molar-refractivity contribution in [1.29, 1.82) is 0 Å². The van der Waals surface area contributed by atoms with E-state index in [0.717, 1.165) is 49.8 Å². The number of rotatable bonds is 3. The van der Waals surface area contributed by atoms with Crippen LogP contribution in [0, 0.1) is 35.1 Å². The van der Waals surface area contributed by atoms with Crippen LogP contribution in [0.4, 0.5) is 17.6 Å². The molecule has 3 atom stereocenters. The van der Waals surface area contributed by atoms with Gasteiger partial charge in [0, 0.05) is 0 Å². The second-order valence-corrected chi connectivity index (χ2v) is 8.06. The van der Waals surface area contributed by atoms with Crippen LogP contribution in [0.1, 0.15) is 56.1 Å². The molecule has 0 bridgehead atoms. The van der Waals surface area contributed by atoms with Crippen molar-refractivity contribution in [2.45, 2.75) is 51.4 Å². The number of fused-ring (bicyclic) bond motifs is 3. The van der Waals surface area contributed by atoms with E-state index in [1.807, 2.05) is 0 Å². The highest BCUT2D eigenvalue weighted by Crippen LogP contribution is 2.49. The first-order valence-electron chi connectivity index (χ1n) is 10.1. The molecule has 0 nitrogen and oxygen atoms in total. The predicted molar refractivity (Wildman–Crippen MR) is 103 cm³/mol. The maximum Gasteiger partial charge on any atom is 0.159 e. The van der Waals surface area contributed by atoms with E-state index in [9.17, 15) is 13.2 Å². The monoisotopic (exact) mass is 388 g/mol. The first-order chi connectivity index (χ1) is 13.5. The van der Waals surface area contributed by atoms with Crippen LogP contribution in [-0.2, 0) is 6.42 Å². The van der Waals surface area contributed by atoms with Gasteiger partial charge in [0.25, 0.3) is 0 Å². The summed E-state index contributed by atoms with van der Waals surface area (Å²) < 4.78 is 57.0. The van der Waals surface area contributed by atoms with Crippen molar-refractivity contribution in [2.75, 3.05) is 0 Å². The fraction of sp³-hybridized carbons (Fsp3) is 0.417. The van der Waals surface area contributed by atoms with Crippen LogP contribution in [0.5, 0.6) is 0 Å². The van der Waals surface area contributed by atoms with Gasteiger partial charge in [-0.3, -0.25) is 0 Å². The van der Waals surface area contributed by atoms with Gasteiger partial charge in [-0.1, -0.05) is 25.1 Å². The lowest BCUT2D eigenvalue weighted by Crippen LogP contribution is -2.28. The lowest BCUT2D eigenvalue weighted by Gasteiger charge is -2.40. The van der Waals surface area contributed by atoms with Gasteiger partial charge in [0.1, 0.15) is 11.6 Å². The molecule has 0 N–H and O–H groups in total. The molecule has 0 aliphatic heterocycles. The Bertz CT molecular complexity index is 915.